The van der Waals surface area contributed by atoms with Gasteiger partial charge < -0.3 is 11.1 Å². The molecular formula is C13H22N2OS. The van der Waals surface area contributed by atoms with E-state index in [0.29, 0.717) is 12.5 Å². The fraction of sp³-hybridized carbons (Fsp3) is 0.615. The molecule has 0 spiro atoms. The summed E-state index contributed by atoms with van der Waals surface area (Å²) in [5.74, 6) is 0.528. The second kappa shape index (κ2) is 6.77. The minimum Gasteiger partial charge on any atom is -0.352 e. The first-order chi connectivity index (χ1) is 8.04. The molecule has 0 bridgehead atoms. The number of thiophene rings is 1. The number of hydrogen-bond donors (Lipinski definition) is 2. The summed E-state index contributed by atoms with van der Waals surface area (Å²) < 4.78 is 0. The third kappa shape index (κ3) is 4.48. The molecule has 0 saturated heterocycles. The summed E-state index contributed by atoms with van der Waals surface area (Å²) in [7, 11) is 0. The van der Waals surface area contributed by atoms with E-state index in [0.717, 1.165) is 11.3 Å². The van der Waals surface area contributed by atoms with E-state index in [4.69, 9.17) is 5.73 Å². The molecule has 1 amide bonds. The molecule has 3 nitrogen and oxygen atoms in total. The van der Waals surface area contributed by atoms with E-state index < -0.39 is 0 Å². The summed E-state index contributed by atoms with van der Waals surface area (Å²) in [6.45, 7) is 6.71. The van der Waals surface area contributed by atoms with Crippen LogP contribution in [0.5, 0.6) is 0 Å². The number of rotatable bonds is 6. The summed E-state index contributed by atoms with van der Waals surface area (Å²) in [5.41, 5.74) is 5.68. The van der Waals surface area contributed by atoms with Crippen LogP contribution >= 0.6 is 11.3 Å². The maximum atomic E-state index is 12.0. The van der Waals surface area contributed by atoms with Crippen LogP contribution in [0.1, 0.15) is 38.0 Å². The van der Waals surface area contributed by atoms with Crippen molar-refractivity contribution in [2.24, 2.45) is 11.7 Å². The van der Waals surface area contributed by atoms with Gasteiger partial charge in [-0.15, -0.1) is 11.3 Å². The standard InChI is InChI=1S/C13H22N2OS/c1-9(2)7-11(8-14)15-13(16)10(3)12-5-4-6-17-12/h4-6,9-11H,7-8,14H2,1-3H3,(H,15,16). The summed E-state index contributed by atoms with van der Waals surface area (Å²) >= 11 is 1.62. The van der Waals surface area contributed by atoms with Crippen LogP contribution < -0.4 is 11.1 Å². The summed E-state index contributed by atoms with van der Waals surface area (Å²) in [4.78, 5) is 13.1. The molecule has 3 N–H and O–H groups in total. The molecule has 0 aliphatic heterocycles. The summed E-state index contributed by atoms with van der Waals surface area (Å²) in [6, 6.07) is 4.05. The number of nitrogens with one attached hydrogen (secondary N) is 1. The minimum atomic E-state index is -0.0868. The SMILES string of the molecule is CC(C)CC(CN)NC(=O)C(C)c1cccs1. The smallest absolute Gasteiger partial charge is 0.228 e. The summed E-state index contributed by atoms with van der Waals surface area (Å²) in [6.07, 6.45) is 0.930. The Morgan fingerprint density at radius 3 is 2.65 bits per heavy atom. The van der Waals surface area contributed by atoms with E-state index in [2.05, 4.69) is 19.2 Å². The largest absolute Gasteiger partial charge is 0.352 e. The highest BCUT2D eigenvalue weighted by atomic mass is 32.1. The van der Waals surface area contributed by atoms with Crippen molar-refractivity contribution in [2.75, 3.05) is 6.54 Å². The van der Waals surface area contributed by atoms with Gasteiger partial charge in [0.15, 0.2) is 0 Å². The van der Waals surface area contributed by atoms with E-state index in [9.17, 15) is 4.79 Å². The predicted molar refractivity (Wildman–Crippen MR) is 73.2 cm³/mol. The van der Waals surface area contributed by atoms with Gasteiger partial charge in [0.2, 0.25) is 5.91 Å². The molecule has 1 aromatic heterocycles. The predicted octanol–water partition coefficient (Wildman–Crippen LogP) is 2.34. The number of carbonyl (C=O) groups is 1. The Hall–Kier alpha value is -0.870. The first kappa shape index (κ1) is 14.2. The van der Waals surface area contributed by atoms with Gasteiger partial charge in [-0.2, -0.15) is 0 Å². The fourth-order valence-corrected chi connectivity index (χ4v) is 2.56. The lowest BCUT2D eigenvalue weighted by atomic mass is 10.0. The van der Waals surface area contributed by atoms with E-state index in [1.54, 1.807) is 11.3 Å². The lowest BCUT2D eigenvalue weighted by Gasteiger charge is -2.20. The minimum absolute atomic E-state index is 0.0727. The molecule has 0 aliphatic carbocycles. The van der Waals surface area contributed by atoms with Gasteiger partial charge in [-0.05, 0) is 30.7 Å². The molecule has 0 radical (unpaired) electrons. The molecule has 96 valence electrons. The lowest BCUT2D eigenvalue weighted by Crippen LogP contribution is -2.42. The molecule has 1 heterocycles. The molecule has 1 rings (SSSR count). The van der Waals surface area contributed by atoms with Crippen LogP contribution in [0.25, 0.3) is 0 Å². The molecule has 0 aromatic carbocycles. The van der Waals surface area contributed by atoms with Crippen LogP contribution in [-0.2, 0) is 4.79 Å². The second-order valence-corrected chi connectivity index (χ2v) is 5.79. The topological polar surface area (TPSA) is 55.1 Å². The molecule has 2 atom stereocenters. The van der Waals surface area contributed by atoms with Crippen LogP contribution in [0, 0.1) is 5.92 Å². The highest BCUT2D eigenvalue weighted by Gasteiger charge is 2.19. The maximum absolute atomic E-state index is 12.0. The van der Waals surface area contributed by atoms with Crippen molar-refractivity contribution in [3.05, 3.63) is 22.4 Å². The van der Waals surface area contributed by atoms with Crippen molar-refractivity contribution >= 4 is 17.2 Å². The van der Waals surface area contributed by atoms with Crippen LogP contribution in [0.3, 0.4) is 0 Å². The van der Waals surface area contributed by atoms with Gasteiger partial charge in [-0.3, -0.25) is 4.79 Å². The Labute approximate surface area is 107 Å². The Kier molecular flexibility index (Phi) is 5.65. The van der Waals surface area contributed by atoms with Gasteiger partial charge in [0.25, 0.3) is 0 Å². The molecule has 0 fully saturated rings. The van der Waals surface area contributed by atoms with Crippen molar-refractivity contribution in [1.29, 1.82) is 0 Å². The Bertz CT molecular complexity index is 335. The molecule has 1 aromatic rings. The molecule has 17 heavy (non-hydrogen) atoms. The molecule has 0 saturated carbocycles. The van der Waals surface area contributed by atoms with Gasteiger partial charge in [-0.25, -0.2) is 0 Å². The van der Waals surface area contributed by atoms with Gasteiger partial charge >= 0.3 is 0 Å². The van der Waals surface area contributed by atoms with Crippen LogP contribution in [0.15, 0.2) is 17.5 Å². The van der Waals surface area contributed by atoms with E-state index in [1.807, 2.05) is 24.4 Å². The Balaban J connectivity index is 2.52. The van der Waals surface area contributed by atoms with Gasteiger partial charge in [0.05, 0.1) is 5.92 Å². The molecule has 4 heteroatoms. The lowest BCUT2D eigenvalue weighted by molar-refractivity contribution is -0.122. The highest BCUT2D eigenvalue weighted by molar-refractivity contribution is 7.10. The molecule has 2 unspecified atom stereocenters. The van der Waals surface area contributed by atoms with Crippen LogP contribution in [0.2, 0.25) is 0 Å². The quantitative estimate of drug-likeness (QED) is 0.818. The number of hydrogen-bond acceptors (Lipinski definition) is 3. The van der Waals surface area contributed by atoms with E-state index in [1.165, 1.54) is 0 Å². The van der Waals surface area contributed by atoms with Gasteiger partial charge in [0, 0.05) is 17.5 Å². The maximum Gasteiger partial charge on any atom is 0.228 e. The molecular weight excluding hydrogens is 232 g/mol. The van der Waals surface area contributed by atoms with E-state index in [-0.39, 0.29) is 17.9 Å². The zero-order valence-electron chi connectivity index (χ0n) is 10.8. The van der Waals surface area contributed by atoms with Crippen molar-refractivity contribution in [3.8, 4) is 0 Å². The van der Waals surface area contributed by atoms with Crippen LogP contribution in [-0.4, -0.2) is 18.5 Å². The first-order valence-corrected chi connectivity index (χ1v) is 6.96. The van der Waals surface area contributed by atoms with Crippen molar-refractivity contribution in [3.63, 3.8) is 0 Å². The number of amides is 1. The Morgan fingerprint density at radius 1 is 1.47 bits per heavy atom. The van der Waals surface area contributed by atoms with Gasteiger partial charge in [0.1, 0.15) is 0 Å². The number of carbonyl (C=O) groups excluding carboxylic acids is 1. The van der Waals surface area contributed by atoms with Crippen molar-refractivity contribution in [2.45, 2.75) is 39.2 Å². The highest BCUT2D eigenvalue weighted by Crippen LogP contribution is 2.21. The van der Waals surface area contributed by atoms with Crippen molar-refractivity contribution in [1.82, 2.24) is 5.32 Å². The normalized spacial score (nSPS) is 14.6. The average Bonchev–Trinajstić information content (AvgIpc) is 2.79. The third-order valence-corrected chi connectivity index (χ3v) is 3.81. The monoisotopic (exact) mass is 254 g/mol. The Morgan fingerprint density at radius 2 is 2.18 bits per heavy atom. The van der Waals surface area contributed by atoms with Gasteiger partial charge in [-0.1, -0.05) is 19.9 Å². The first-order valence-electron chi connectivity index (χ1n) is 6.08. The summed E-state index contributed by atoms with van der Waals surface area (Å²) in [5, 5.41) is 5.02. The van der Waals surface area contributed by atoms with Crippen molar-refractivity contribution < 1.29 is 4.79 Å². The molecule has 0 aliphatic rings. The number of nitrogens with two attached hydrogens (primary N) is 1. The average molecular weight is 254 g/mol. The third-order valence-electron chi connectivity index (χ3n) is 2.75. The second-order valence-electron chi connectivity index (χ2n) is 4.81. The van der Waals surface area contributed by atoms with E-state index >= 15 is 0 Å². The zero-order chi connectivity index (χ0) is 12.8. The fourth-order valence-electron chi connectivity index (χ4n) is 1.78. The zero-order valence-corrected chi connectivity index (χ0v) is 11.6. The van der Waals surface area contributed by atoms with Crippen LogP contribution in [0.4, 0.5) is 0 Å².